The quantitative estimate of drug-likeness (QED) is 0.809. The van der Waals surface area contributed by atoms with Gasteiger partial charge in [-0.3, -0.25) is 4.79 Å². The minimum atomic E-state index is -0.618. The Labute approximate surface area is 106 Å². The highest BCUT2D eigenvalue weighted by Crippen LogP contribution is 2.16. The summed E-state index contributed by atoms with van der Waals surface area (Å²) in [7, 11) is 0. The lowest BCUT2D eigenvalue weighted by Gasteiger charge is -2.28. The molecule has 0 bridgehead atoms. The Balaban J connectivity index is 2.58. The summed E-state index contributed by atoms with van der Waals surface area (Å²) < 4.78 is 0. The first-order valence-corrected chi connectivity index (χ1v) is 6.37. The van der Waals surface area contributed by atoms with Crippen LogP contribution in [-0.2, 0) is 4.79 Å². The van der Waals surface area contributed by atoms with Crippen LogP contribution in [0.2, 0.25) is 0 Å². The van der Waals surface area contributed by atoms with Crippen LogP contribution in [0.15, 0.2) is 18.2 Å². The number of amides is 1. The maximum Gasteiger partial charge on any atom is 0.244 e. The Hall–Kier alpha value is -1.13. The molecule has 1 atom stereocenters. The van der Waals surface area contributed by atoms with E-state index in [1.165, 1.54) is 11.0 Å². The van der Waals surface area contributed by atoms with Crippen LogP contribution in [0.5, 0.6) is 0 Å². The molecular formula is C13H19NO2S. The molecule has 17 heavy (non-hydrogen) atoms. The molecule has 94 valence electrons. The normalized spacial score (nSPS) is 13.9. The molecule has 0 aliphatic carbocycles. The van der Waals surface area contributed by atoms with Crippen LogP contribution in [0.4, 0.5) is 0 Å². The van der Waals surface area contributed by atoms with E-state index in [1.54, 1.807) is 38.2 Å². The Kier molecular flexibility index (Phi) is 4.48. The van der Waals surface area contributed by atoms with E-state index >= 15 is 0 Å². The topological polar surface area (TPSA) is 49.3 Å². The molecule has 0 saturated carbocycles. The van der Waals surface area contributed by atoms with Crippen molar-refractivity contribution in [2.75, 3.05) is 0 Å². The van der Waals surface area contributed by atoms with Crippen LogP contribution >= 0.6 is 11.3 Å². The zero-order chi connectivity index (χ0) is 13.1. The highest BCUT2D eigenvalue weighted by Gasteiger charge is 2.24. The zero-order valence-corrected chi connectivity index (χ0v) is 11.5. The van der Waals surface area contributed by atoms with Gasteiger partial charge in [-0.2, -0.15) is 0 Å². The number of hydrogen-bond donors (Lipinski definition) is 2. The van der Waals surface area contributed by atoms with Gasteiger partial charge in [0.15, 0.2) is 0 Å². The molecule has 0 radical (unpaired) electrons. The summed E-state index contributed by atoms with van der Waals surface area (Å²) in [5.41, 5.74) is -0.618. The highest BCUT2D eigenvalue weighted by molar-refractivity contribution is 7.12. The first kappa shape index (κ1) is 13.9. The van der Waals surface area contributed by atoms with Gasteiger partial charge in [0, 0.05) is 15.8 Å². The van der Waals surface area contributed by atoms with Gasteiger partial charge in [0.05, 0.1) is 11.6 Å². The predicted octanol–water partition coefficient (Wildman–Crippen LogP) is 2.35. The fraction of sp³-hybridized carbons (Fsp3) is 0.462. The third-order valence-corrected chi connectivity index (χ3v) is 3.62. The van der Waals surface area contributed by atoms with E-state index in [-0.39, 0.29) is 5.91 Å². The summed E-state index contributed by atoms with van der Waals surface area (Å²) in [5.74, 6) is -0.193. The van der Waals surface area contributed by atoms with Crippen LogP contribution in [0.1, 0.15) is 30.5 Å². The molecule has 1 aromatic heterocycles. The van der Waals surface area contributed by atoms with Crippen molar-refractivity contribution in [2.45, 2.75) is 39.3 Å². The third-order valence-electron chi connectivity index (χ3n) is 2.65. The van der Waals surface area contributed by atoms with Crippen molar-refractivity contribution < 1.29 is 9.90 Å². The van der Waals surface area contributed by atoms with E-state index in [1.807, 2.05) is 19.1 Å². The van der Waals surface area contributed by atoms with Crippen molar-refractivity contribution in [3.63, 3.8) is 0 Å². The average molecular weight is 253 g/mol. The molecule has 0 fully saturated rings. The molecule has 1 amide bonds. The van der Waals surface area contributed by atoms with E-state index in [4.69, 9.17) is 0 Å². The lowest BCUT2D eigenvalue weighted by molar-refractivity contribution is -0.119. The van der Waals surface area contributed by atoms with Gasteiger partial charge in [-0.15, -0.1) is 11.3 Å². The standard InChI is InChI=1S/C13H19NO2S/c1-9-5-6-11(17-9)7-8-12(16)14-13(3,4)10(2)15/h5-8,10,15H,1-4H3,(H,14,16)/b8-7+. The Morgan fingerprint density at radius 2 is 2.18 bits per heavy atom. The minimum absolute atomic E-state index is 0.193. The molecule has 1 unspecified atom stereocenters. The lowest BCUT2D eigenvalue weighted by atomic mass is 9.99. The summed E-state index contributed by atoms with van der Waals surface area (Å²) in [6.07, 6.45) is 2.68. The van der Waals surface area contributed by atoms with Crippen LogP contribution in [0.3, 0.4) is 0 Å². The number of aliphatic hydroxyl groups is 1. The molecule has 2 N–H and O–H groups in total. The van der Waals surface area contributed by atoms with Gasteiger partial charge >= 0.3 is 0 Å². The maximum absolute atomic E-state index is 11.6. The number of carbonyl (C=O) groups is 1. The number of nitrogens with one attached hydrogen (secondary N) is 1. The number of hydrogen-bond acceptors (Lipinski definition) is 3. The molecule has 1 aromatic rings. The smallest absolute Gasteiger partial charge is 0.244 e. The van der Waals surface area contributed by atoms with Crippen molar-refractivity contribution in [1.82, 2.24) is 5.32 Å². The predicted molar refractivity (Wildman–Crippen MR) is 72.0 cm³/mol. The maximum atomic E-state index is 11.6. The molecule has 4 heteroatoms. The molecule has 0 aliphatic rings. The lowest BCUT2D eigenvalue weighted by Crippen LogP contribution is -2.50. The summed E-state index contributed by atoms with van der Waals surface area (Å²) >= 11 is 1.64. The monoisotopic (exact) mass is 253 g/mol. The van der Waals surface area contributed by atoms with Gasteiger partial charge in [0.2, 0.25) is 5.91 Å². The first-order chi connectivity index (χ1) is 7.81. The van der Waals surface area contributed by atoms with Crippen molar-refractivity contribution in [3.8, 4) is 0 Å². The van der Waals surface area contributed by atoms with Crippen molar-refractivity contribution in [1.29, 1.82) is 0 Å². The molecular weight excluding hydrogens is 234 g/mol. The van der Waals surface area contributed by atoms with Gasteiger partial charge in [0.1, 0.15) is 0 Å². The summed E-state index contributed by atoms with van der Waals surface area (Å²) in [4.78, 5) is 13.9. The zero-order valence-electron chi connectivity index (χ0n) is 10.7. The van der Waals surface area contributed by atoms with E-state index in [0.717, 1.165) is 4.88 Å². The highest BCUT2D eigenvalue weighted by atomic mass is 32.1. The van der Waals surface area contributed by atoms with Gasteiger partial charge in [0.25, 0.3) is 0 Å². The van der Waals surface area contributed by atoms with E-state index in [2.05, 4.69) is 5.32 Å². The molecule has 0 aliphatic heterocycles. The molecule has 0 aromatic carbocycles. The Bertz CT molecular complexity index is 419. The molecule has 0 saturated heterocycles. The minimum Gasteiger partial charge on any atom is -0.391 e. The van der Waals surface area contributed by atoms with Crippen LogP contribution < -0.4 is 5.32 Å². The number of aryl methyl sites for hydroxylation is 1. The molecule has 1 heterocycles. The largest absolute Gasteiger partial charge is 0.391 e. The average Bonchev–Trinajstić information content (AvgIpc) is 2.60. The fourth-order valence-corrected chi connectivity index (χ4v) is 1.94. The second-order valence-corrected chi connectivity index (χ2v) is 5.99. The van der Waals surface area contributed by atoms with Crippen LogP contribution in [-0.4, -0.2) is 22.7 Å². The van der Waals surface area contributed by atoms with E-state index in [0.29, 0.717) is 0 Å². The molecule has 3 nitrogen and oxygen atoms in total. The Morgan fingerprint density at radius 3 is 2.65 bits per heavy atom. The summed E-state index contributed by atoms with van der Waals surface area (Å²) in [5, 5.41) is 12.2. The van der Waals surface area contributed by atoms with Gasteiger partial charge in [-0.25, -0.2) is 0 Å². The van der Waals surface area contributed by atoms with E-state index in [9.17, 15) is 9.90 Å². The van der Waals surface area contributed by atoms with Gasteiger partial charge in [-0.05, 0) is 45.9 Å². The summed E-state index contributed by atoms with van der Waals surface area (Å²) in [6, 6.07) is 3.99. The second kappa shape index (κ2) is 5.47. The molecule has 1 rings (SSSR count). The van der Waals surface area contributed by atoms with Crippen LogP contribution in [0, 0.1) is 6.92 Å². The van der Waals surface area contributed by atoms with Gasteiger partial charge < -0.3 is 10.4 Å². The second-order valence-electron chi connectivity index (χ2n) is 4.67. The first-order valence-electron chi connectivity index (χ1n) is 5.56. The SMILES string of the molecule is Cc1ccc(/C=C/C(=O)NC(C)(C)C(C)O)s1. The number of rotatable bonds is 4. The van der Waals surface area contributed by atoms with Crippen molar-refractivity contribution in [3.05, 3.63) is 28.0 Å². The number of aliphatic hydroxyl groups excluding tert-OH is 1. The third kappa shape index (κ3) is 4.32. The fourth-order valence-electron chi connectivity index (χ4n) is 1.16. The number of carbonyl (C=O) groups excluding carboxylic acids is 1. The summed E-state index contributed by atoms with van der Waals surface area (Å²) in [6.45, 7) is 7.27. The van der Waals surface area contributed by atoms with Crippen molar-refractivity contribution >= 4 is 23.3 Å². The van der Waals surface area contributed by atoms with E-state index < -0.39 is 11.6 Å². The van der Waals surface area contributed by atoms with Crippen LogP contribution in [0.25, 0.3) is 6.08 Å². The van der Waals surface area contributed by atoms with Crippen molar-refractivity contribution in [2.24, 2.45) is 0 Å². The number of thiophene rings is 1. The molecule has 0 spiro atoms. The Morgan fingerprint density at radius 1 is 1.53 bits per heavy atom. The van der Waals surface area contributed by atoms with Gasteiger partial charge in [-0.1, -0.05) is 0 Å².